The minimum atomic E-state index is -0.815. The molecule has 4 rings (SSSR count). The van der Waals surface area contributed by atoms with Crippen LogP contribution in [0.1, 0.15) is 6.42 Å². The molecule has 0 aliphatic carbocycles. The average molecular weight is 466 g/mol. The first-order chi connectivity index (χ1) is 16.5. The fourth-order valence-corrected chi connectivity index (χ4v) is 4.36. The second-order valence-corrected chi connectivity index (χ2v) is 8.47. The van der Waals surface area contributed by atoms with E-state index in [0.717, 1.165) is 26.2 Å². The van der Waals surface area contributed by atoms with Gasteiger partial charge in [-0.05, 0) is 36.4 Å². The van der Waals surface area contributed by atoms with E-state index in [1.54, 1.807) is 36.3 Å². The highest BCUT2D eigenvalue weighted by molar-refractivity contribution is 5.97. The van der Waals surface area contributed by atoms with E-state index in [4.69, 9.17) is 4.74 Å². The Morgan fingerprint density at radius 1 is 1.00 bits per heavy atom. The molecule has 2 heterocycles. The van der Waals surface area contributed by atoms with Crippen molar-refractivity contribution in [2.24, 2.45) is 0 Å². The number of carbonyl (C=O) groups excluding carboxylic acids is 3. The number of hydrogen-bond acceptors (Lipinski definition) is 6. The maximum Gasteiger partial charge on any atom is 0.243 e. The molecule has 2 saturated heterocycles. The van der Waals surface area contributed by atoms with Crippen LogP contribution in [0.2, 0.25) is 0 Å². The molecule has 0 bridgehead atoms. The standard InChI is InChI=1S/C25H31N5O4/c1-34-21-9-7-19(8-10-21)27-23(31)17-22-25(33)26-11-12-30(22)24(32)18-28-13-15-29(16-14-28)20-5-3-2-4-6-20/h2-10,22H,11-18H2,1H3,(H,26,33)(H,27,31)/t22-/m1/s1. The van der Waals surface area contributed by atoms with Crippen LogP contribution in [0.4, 0.5) is 11.4 Å². The van der Waals surface area contributed by atoms with Crippen molar-refractivity contribution in [2.75, 3.05) is 63.1 Å². The third kappa shape index (κ3) is 5.85. The molecule has 9 nitrogen and oxygen atoms in total. The van der Waals surface area contributed by atoms with Gasteiger partial charge >= 0.3 is 0 Å². The molecule has 0 saturated carbocycles. The minimum Gasteiger partial charge on any atom is -0.497 e. The molecule has 2 N–H and O–H groups in total. The van der Waals surface area contributed by atoms with Crippen LogP contribution in [0, 0.1) is 0 Å². The van der Waals surface area contributed by atoms with Gasteiger partial charge in [-0.15, -0.1) is 0 Å². The Morgan fingerprint density at radius 2 is 1.71 bits per heavy atom. The number of methoxy groups -OCH3 is 1. The lowest BCUT2D eigenvalue weighted by atomic mass is 10.1. The molecule has 2 fully saturated rings. The van der Waals surface area contributed by atoms with Gasteiger partial charge in [0.2, 0.25) is 17.7 Å². The summed E-state index contributed by atoms with van der Waals surface area (Å²) in [6, 6.07) is 16.4. The Bertz CT molecular complexity index is 990. The van der Waals surface area contributed by atoms with Gasteiger partial charge in [-0.2, -0.15) is 0 Å². The third-order valence-corrected chi connectivity index (χ3v) is 6.26. The van der Waals surface area contributed by atoms with Gasteiger partial charge < -0.3 is 25.2 Å². The predicted octanol–water partition coefficient (Wildman–Crippen LogP) is 1.17. The lowest BCUT2D eigenvalue weighted by Crippen LogP contribution is -2.60. The average Bonchev–Trinajstić information content (AvgIpc) is 2.86. The molecule has 0 radical (unpaired) electrons. The van der Waals surface area contributed by atoms with Gasteiger partial charge in [-0.1, -0.05) is 18.2 Å². The molecule has 0 aromatic heterocycles. The summed E-state index contributed by atoms with van der Waals surface area (Å²) in [7, 11) is 1.57. The Balaban J connectivity index is 1.31. The molecule has 34 heavy (non-hydrogen) atoms. The van der Waals surface area contributed by atoms with Crippen LogP contribution < -0.4 is 20.3 Å². The van der Waals surface area contributed by atoms with Crippen molar-refractivity contribution in [1.82, 2.24) is 15.1 Å². The zero-order valence-corrected chi connectivity index (χ0v) is 19.4. The van der Waals surface area contributed by atoms with Crippen LogP contribution in [0.5, 0.6) is 5.75 Å². The summed E-state index contributed by atoms with van der Waals surface area (Å²) in [5.41, 5.74) is 1.79. The van der Waals surface area contributed by atoms with Gasteiger partial charge in [-0.25, -0.2) is 0 Å². The number of rotatable bonds is 7. The lowest BCUT2D eigenvalue weighted by molar-refractivity contribution is -0.145. The second-order valence-electron chi connectivity index (χ2n) is 8.47. The van der Waals surface area contributed by atoms with Crippen LogP contribution in [0.25, 0.3) is 0 Å². The maximum absolute atomic E-state index is 13.1. The summed E-state index contributed by atoms with van der Waals surface area (Å²) in [4.78, 5) is 44.3. The minimum absolute atomic E-state index is 0.0919. The van der Waals surface area contributed by atoms with E-state index in [1.165, 1.54) is 5.69 Å². The maximum atomic E-state index is 13.1. The monoisotopic (exact) mass is 465 g/mol. The lowest BCUT2D eigenvalue weighted by Gasteiger charge is -2.39. The summed E-state index contributed by atoms with van der Waals surface area (Å²) >= 11 is 0. The highest BCUT2D eigenvalue weighted by Gasteiger charge is 2.35. The zero-order valence-electron chi connectivity index (χ0n) is 19.4. The Kier molecular flexibility index (Phi) is 7.64. The summed E-state index contributed by atoms with van der Waals surface area (Å²) in [6.07, 6.45) is -0.0919. The van der Waals surface area contributed by atoms with E-state index >= 15 is 0 Å². The molecule has 2 aromatic rings. The summed E-state index contributed by atoms with van der Waals surface area (Å²) in [5.74, 6) is -0.0452. The van der Waals surface area contributed by atoms with Crippen molar-refractivity contribution in [3.63, 3.8) is 0 Å². The number of hydrogen-bond donors (Lipinski definition) is 2. The summed E-state index contributed by atoms with van der Waals surface area (Å²) < 4.78 is 5.12. The van der Waals surface area contributed by atoms with Crippen LogP contribution >= 0.6 is 0 Å². The third-order valence-electron chi connectivity index (χ3n) is 6.26. The second kappa shape index (κ2) is 11.0. The van der Waals surface area contributed by atoms with E-state index in [0.29, 0.717) is 24.5 Å². The normalized spacial score (nSPS) is 18.9. The van der Waals surface area contributed by atoms with Crippen molar-refractivity contribution >= 4 is 29.1 Å². The van der Waals surface area contributed by atoms with E-state index in [9.17, 15) is 14.4 Å². The highest BCUT2D eigenvalue weighted by atomic mass is 16.5. The molecule has 0 unspecified atom stereocenters. The zero-order chi connectivity index (χ0) is 23.9. The van der Waals surface area contributed by atoms with Crippen molar-refractivity contribution in [2.45, 2.75) is 12.5 Å². The van der Waals surface area contributed by atoms with Crippen LogP contribution in [-0.4, -0.2) is 86.5 Å². The molecule has 2 aliphatic rings. The van der Waals surface area contributed by atoms with E-state index in [1.807, 2.05) is 18.2 Å². The number of nitrogens with zero attached hydrogens (tertiary/aromatic N) is 3. The number of amides is 3. The smallest absolute Gasteiger partial charge is 0.243 e. The molecule has 3 amide bonds. The first kappa shape index (κ1) is 23.6. The quantitative estimate of drug-likeness (QED) is 0.638. The number of nitrogens with one attached hydrogen (secondary N) is 2. The van der Waals surface area contributed by atoms with Crippen molar-refractivity contribution < 1.29 is 19.1 Å². The molecule has 1 atom stereocenters. The SMILES string of the molecule is COc1ccc(NC(=O)C[C@@H]2C(=O)NCCN2C(=O)CN2CCN(c3ccccc3)CC2)cc1. The molecule has 9 heteroatoms. The fraction of sp³-hybridized carbons (Fsp3) is 0.400. The topological polar surface area (TPSA) is 94.2 Å². The highest BCUT2D eigenvalue weighted by Crippen LogP contribution is 2.18. The van der Waals surface area contributed by atoms with Gasteiger partial charge in [0.25, 0.3) is 0 Å². The van der Waals surface area contributed by atoms with Gasteiger partial charge in [0, 0.05) is 50.6 Å². The van der Waals surface area contributed by atoms with Crippen LogP contribution in [0.3, 0.4) is 0 Å². The largest absolute Gasteiger partial charge is 0.497 e. The molecular weight excluding hydrogens is 434 g/mol. The Hall–Kier alpha value is -3.59. The van der Waals surface area contributed by atoms with Crippen molar-refractivity contribution in [1.29, 1.82) is 0 Å². The fourth-order valence-electron chi connectivity index (χ4n) is 4.36. The predicted molar refractivity (Wildman–Crippen MR) is 130 cm³/mol. The number of carbonyl (C=O) groups is 3. The number of para-hydroxylation sites is 1. The Labute approximate surface area is 199 Å². The van der Waals surface area contributed by atoms with Crippen molar-refractivity contribution in [3.8, 4) is 5.75 Å². The van der Waals surface area contributed by atoms with Crippen LogP contribution in [0.15, 0.2) is 54.6 Å². The first-order valence-corrected chi connectivity index (χ1v) is 11.6. The summed E-state index contributed by atoms with van der Waals surface area (Å²) in [6.45, 7) is 4.24. The Morgan fingerprint density at radius 3 is 2.38 bits per heavy atom. The number of piperazine rings is 2. The van der Waals surface area contributed by atoms with E-state index < -0.39 is 6.04 Å². The molecule has 0 spiro atoms. The molecular formula is C25H31N5O4. The van der Waals surface area contributed by atoms with Crippen molar-refractivity contribution in [3.05, 3.63) is 54.6 Å². The van der Waals surface area contributed by atoms with Gasteiger partial charge in [-0.3, -0.25) is 19.3 Å². The first-order valence-electron chi connectivity index (χ1n) is 11.6. The van der Waals surface area contributed by atoms with Gasteiger partial charge in [0.15, 0.2) is 0 Å². The number of ether oxygens (including phenoxy) is 1. The molecule has 2 aromatic carbocycles. The number of benzene rings is 2. The van der Waals surface area contributed by atoms with Gasteiger partial charge in [0.05, 0.1) is 20.1 Å². The molecule has 2 aliphatic heterocycles. The van der Waals surface area contributed by atoms with E-state index in [2.05, 4.69) is 32.6 Å². The summed E-state index contributed by atoms with van der Waals surface area (Å²) in [5, 5.41) is 5.57. The van der Waals surface area contributed by atoms with Crippen LogP contribution in [-0.2, 0) is 14.4 Å². The van der Waals surface area contributed by atoms with E-state index in [-0.39, 0.29) is 30.7 Å². The number of anilines is 2. The van der Waals surface area contributed by atoms with Gasteiger partial charge in [0.1, 0.15) is 11.8 Å². The molecule has 180 valence electrons.